The lowest BCUT2D eigenvalue weighted by Crippen LogP contribution is -2.53. The first-order valence-electron chi connectivity index (χ1n) is 5.89. The molecule has 1 aromatic rings. The summed E-state index contributed by atoms with van der Waals surface area (Å²) in [7, 11) is 1.72. The third-order valence-corrected chi connectivity index (χ3v) is 5.08. The second-order valence-corrected chi connectivity index (χ2v) is 6.59. The minimum Gasteiger partial charge on any atom is -0.486 e. The topological polar surface area (TPSA) is 24.5 Å². The van der Waals surface area contributed by atoms with Crippen molar-refractivity contribution in [2.45, 2.75) is 32.5 Å². The summed E-state index contributed by atoms with van der Waals surface area (Å²) in [5, 5.41) is 4.47. The number of hydrogen-bond acceptors (Lipinski definition) is 4. The van der Waals surface area contributed by atoms with Crippen LogP contribution in [0.25, 0.3) is 0 Å². The number of halogens is 1. The molecule has 3 nitrogen and oxygen atoms in total. The van der Waals surface area contributed by atoms with E-state index >= 15 is 0 Å². The molecular formula is C12H19BrN2OS. The van der Waals surface area contributed by atoms with E-state index in [0.717, 1.165) is 29.2 Å². The van der Waals surface area contributed by atoms with Crippen LogP contribution in [-0.2, 0) is 6.54 Å². The maximum absolute atomic E-state index is 5.30. The lowest BCUT2D eigenvalue weighted by atomic mass is 10.1. The monoisotopic (exact) mass is 318 g/mol. The molecule has 0 amide bonds. The summed E-state index contributed by atoms with van der Waals surface area (Å²) >= 11 is 5.25. The Kier molecular flexibility index (Phi) is 4.47. The maximum Gasteiger partial charge on any atom is 0.188 e. The van der Waals surface area contributed by atoms with Crippen molar-refractivity contribution in [3.63, 3.8) is 0 Å². The predicted octanol–water partition coefficient (Wildman–Crippen LogP) is 2.70. The van der Waals surface area contributed by atoms with E-state index in [4.69, 9.17) is 4.74 Å². The van der Waals surface area contributed by atoms with Crippen molar-refractivity contribution >= 4 is 27.3 Å². The van der Waals surface area contributed by atoms with Gasteiger partial charge in [0.05, 0.1) is 11.6 Å². The van der Waals surface area contributed by atoms with Crippen molar-refractivity contribution in [2.75, 3.05) is 20.2 Å². The van der Waals surface area contributed by atoms with Crippen molar-refractivity contribution in [3.8, 4) is 5.06 Å². The van der Waals surface area contributed by atoms with Gasteiger partial charge < -0.3 is 10.1 Å². The first-order valence-corrected chi connectivity index (χ1v) is 7.50. The van der Waals surface area contributed by atoms with E-state index < -0.39 is 0 Å². The van der Waals surface area contributed by atoms with Gasteiger partial charge in [0.15, 0.2) is 5.06 Å². The molecular weight excluding hydrogens is 300 g/mol. The van der Waals surface area contributed by atoms with Crippen LogP contribution < -0.4 is 10.1 Å². The number of rotatable bonds is 3. The third kappa shape index (κ3) is 3.22. The van der Waals surface area contributed by atoms with Crippen LogP contribution in [0.2, 0.25) is 0 Å². The molecule has 0 bridgehead atoms. The second-order valence-electron chi connectivity index (χ2n) is 4.64. The molecule has 1 N–H and O–H groups in total. The lowest BCUT2D eigenvalue weighted by molar-refractivity contribution is 0.140. The Bertz CT molecular complexity index is 383. The molecule has 0 saturated carbocycles. The summed E-state index contributed by atoms with van der Waals surface area (Å²) in [6.07, 6.45) is 0. The smallest absolute Gasteiger partial charge is 0.188 e. The van der Waals surface area contributed by atoms with Gasteiger partial charge in [-0.25, -0.2) is 0 Å². The standard InChI is InChI=1S/C12H19BrN2OS/c1-8-6-15(9(2)5-14-8)7-10-4-11(13)12(16-3)17-10/h4,8-9,14H,5-7H2,1-3H3. The van der Waals surface area contributed by atoms with Gasteiger partial charge in [-0.05, 0) is 35.8 Å². The molecule has 0 aromatic carbocycles. The lowest BCUT2D eigenvalue weighted by Gasteiger charge is -2.37. The highest BCUT2D eigenvalue weighted by molar-refractivity contribution is 9.10. The summed E-state index contributed by atoms with van der Waals surface area (Å²) < 4.78 is 6.37. The normalized spacial score (nSPS) is 26.1. The van der Waals surface area contributed by atoms with Crippen LogP contribution in [0, 0.1) is 0 Å². The number of methoxy groups -OCH3 is 1. The van der Waals surface area contributed by atoms with Gasteiger partial charge in [0.25, 0.3) is 0 Å². The van der Waals surface area contributed by atoms with E-state index in [9.17, 15) is 0 Å². The highest BCUT2D eigenvalue weighted by Gasteiger charge is 2.23. The molecule has 1 aliphatic heterocycles. The van der Waals surface area contributed by atoms with Gasteiger partial charge in [-0.15, -0.1) is 11.3 Å². The molecule has 2 heterocycles. The molecule has 5 heteroatoms. The van der Waals surface area contributed by atoms with Crippen LogP contribution in [0.3, 0.4) is 0 Å². The fourth-order valence-corrected chi connectivity index (χ4v) is 3.85. The van der Waals surface area contributed by atoms with E-state index in [-0.39, 0.29) is 0 Å². The summed E-state index contributed by atoms with van der Waals surface area (Å²) in [4.78, 5) is 3.88. The van der Waals surface area contributed by atoms with Crippen molar-refractivity contribution in [3.05, 3.63) is 15.4 Å². The molecule has 96 valence electrons. The average Bonchev–Trinajstić information content (AvgIpc) is 2.64. The zero-order chi connectivity index (χ0) is 12.4. The van der Waals surface area contributed by atoms with Gasteiger partial charge in [0, 0.05) is 36.6 Å². The number of piperazine rings is 1. The number of nitrogens with zero attached hydrogens (tertiary/aromatic N) is 1. The van der Waals surface area contributed by atoms with E-state index in [1.165, 1.54) is 4.88 Å². The molecule has 17 heavy (non-hydrogen) atoms. The van der Waals surface area contributed by atoms with Gasteiger partial charge in [0.2, 0.25) is 0 Å². The summed E-state index contributed by atoms with van der Waals surface area (Å²) in [5.41, 5.74) is 0. The van der Waals surface area contributed by atoms with E-state index in [2.05, 4.69) is 46.1 Å². The molecule has 1 fully saturated rings. The zero-order valence-corrected chi connectivity index (χ0v) is 12.9. The Hall–Kier alpha value is -0.100. The van der Waals surface area contributed by atoms with Crippen LogP contribution in [0.5, 0.6) is 5.06 Å². The Morgan fingerprint density at radius 3 is 3.00 bits per heavy atom. The van der Waals surface area contributed by atoms with E-state index in [1.54, 1.807) is 18.4 Å². The Morgan fingerprint density at radius 2 is 2.35 bits per heavy atom. The number of hydrogen-bond donors (Lipinski definition) is 1. The molecule has 0 spiro atoms. The minimum atomic E-state index is 0.580. The highest BCUT2D eigenvalue weighted by atomic mass is 79.9. The SMILES string of the molecule is COc1sc(CN2CC(C)NCC2C)cc1Br. The predicted molar refractivity (Wildman–Crippen MR) is 75.9 cm³/mol. The van der Waals surface area contributed by atoms with Crippen molar-refractivity contribution < 1.29 is 4.74 Å². The number of ether oxygens (including phenoxy) is 1. The molecule has 2 rings (SSSR count). The van der Waals surface area contributed by atoms with Crippen molar-refractivity contribution in [1.82, 2.24) is 10.2 Å². The van der Waals surface area contributed by atoms with Gasteiger partial charge in [0.1, 0.15) is 0 Å². The molecule has 1 saturated heterocycles. The van der Waals surface area contributed by atoms with Crippen molar-refractivity contribution in [1.29, 1.82) is 0 Å². The first kappa shape index (κ1) is 13.3. The van der Waals surface area contributed by atoms with Crippen LogP contribution in [0.1, 0.15) is 18.7 Å². The first-order chi connectivity index (χ1) is 8.10. The van der Waals surface area contributed by atoms with E-state index in [1.807, 2.05) is 0 Å². The zero-order valence-electron chi connectivity index (χ0n) is 10.5. The molecule has 2 unspecified atom stereocenters. The Morgan fingerprint density at radius 1 is 1.59 bits per heavy atom. The van der Waals surface area contributed by atoms with Crippen LogP contribution in [0.4, 0.5) is 0 Å². The summed E-state index contributed by atoms with van der Waals surface area (Å²) in [5.74, 6) is 0. The van der Waals surface area contributed by atoms with Crippen LogP contribution in [-0.4, -0.2) is 37.2 Å². The average molecular weight is 319 g/mol. The molecule has 2 atom stereocenters. The fraction of sp³-hybridized carbons (Fsp3) is 0.667. The highest BCUT2D eigenvalue weighted by Crippen LogP contribution is 2.35. The van der Waals surface area contributed by atoms with Crippen molar-refractivity contribution in [2.24, 2.45) is 0 Å². The van der Waals surface area contributed by atoms with Gasteiger partial charge in [-0.3, -0.25) is 4.90 Å². The molecule has 0 aliphatic carbocycles. The summed E-state index contributed by atoms with van der Waals surface area (Å²) in [6, 6.07) is 3.35. The third-order valence-electron chi connectivity index (χ3n) is 3.14. The van der Waals surface area contributed by atoms with Crippen LogP contribution >= 0.6 is 27.3 Å². The summed E-state index contributed by atoms with van der Waals surface area (Å²) in [6.45, 7) is 7.71. The molecule has 1 aliphatic rings. The minimum absolute atomic E-state index is 0.580. The number of thiophene rings is 1. The van der Waals surface area contributed by atoms with Crippen LogP contribution in [0.15, 0.2) is 10.5 Å². The Balaban J connectivity index is 2.03. The molecule has 1 aromatic heterocycles. The van der Waals surface area contributed by atoms with Gasteiger partial charge >= 0.3 is 0 Å². The maximum atomic E-state index is 5.30. The largest absolute Gasteiger partial charge is 0.486 e. The number of nitrogens with one attached hydrogen (secondary N) is 1. The Labute approximate surface area is 115 Å². The molecule has 0 radical (unpaired) electrons. The van der Waals surface area contributed by atoms with Gasteiger partial charge in [-0.1, -0.05) is 0 Å². The van der Waals surface area contributed by atoms with Gasteiger partial charge in [-0.2, -0.15) is 0 Å². The quantitative estimate of drug-likeness (QED) is 0.927. The second kappa shape index (κ2) is 5.69. The fourth-order valence-electron chi connectivity index (χ4n) is 2.13. The van der Waals surface area contributed by atoms with E-state index in [0.29, 0.717) is 12.1 Å².